The first-order valence-electron chi connectivity index (χ1n) is 16.6. The Morgan fingerprint density at radius 1 is 1.06 bits per heavy atom. The molecule has 0 aromatic heterocycles. The number of benzene rings is 2. The third-order valence-electron chi connectivity index (χ3n) is 9.47. The second-order valence-corrected chi connectivity index (χ2v) is 13.2. The number of unbranched alkanes of at least 4 members (excludes halogenated alkanes) is 2. The Kier molecular flexibility index (Phi) is 11.8. The Balaban J connectivity index is 1.40. The number of imide groups is 1. The summed E-state index contributed by atoms with van der Waals surface area (Å²) >= 11 is 6.42. The highest BCUT2D eigenvalue weighted by Crippen LogP contribution is 2.51. The SMILES string of the molecule is CCC/C(=C\c1ccc(O)cc1Cl)CC[C@H]1OB(O)C[C@H]2C1=C(COc1ccccc1)C[C@H]1C(=O)N(CCCCCC(=O)O)C(=O)[C@H]12. The number of allylic oxidation sites excluding steroid dienone is 1. The number of rotatable bonds is 15. The summed E-state index contributed by atoms with van der Waals surface area (Å²) in [6.07, 6.45) is 6.85. The highest BCUT2D eigenvalue weighted by atomic mass is 35.5. The van der Waals surface area contributed by atoms with Crippen LogP contribution in [0.2, 0.25) is 11.3 Å². The number of para-hydroxylation sites is 1. The van der Waals surface area contributed by atoms with Crippen molar-refractivity contribution in [2.24, 2.45) is 17.8 Å². The van der Waals surface area contributed by atoms with Gasteiger partial charge in [0.15, 0.2) is 0 Å². The number of carboxylic acid groups (broad SMARTS) is 1. The summed E-state index contributed by atoms with van der Waals surface area (Å²) in [6, 6.07) is 14.4. The van der Waals surface area contributed by atoms with E-state index < -0.39 is 31.0 Å². The summed E-state index contributed by atoms with van der Waals surface area (Å²) in [5.74, 6) is -1.97. The van der Waals surface area contributed by atoms with E-state index in [2.05, 4.69) is 6.92 Å². The van der Waals surface area contributed by atoms with Gasteiger partial charge >= 0.3 is 13.1 Å². The van der Waals surface area contributed by atoms with Gasteiger partial charge in [-0.15, -0.1) is 0 Å². The number of likely N-dealkylation sites (tertiary alicyclic amines) is 1. The summed E-state index contributed by atoms with van der Waals surface area (Å²) in [6.45, 7) is 2.61. The molecule has 0 bridgehead atoms. The van der Waals surface area contributed by atoms with Crippen LogP contribution in [0.4, 0.5) is 0 Å². The number of carbonyl (C=O) groups is 3. The van der Waals surface area contributed by atoms with Crippen molar-refractivity contribution in [1.82, 2.24) is 4.90 Å². The molecule has 2 amide bonds. The quantitative estimate of drug-likeness (QED) is 0.0848. The van der Waals surface area contributed by atoms with E-state index in [9.17, 15) is 24.5 Å². The van der Waals surface area contributed by atoms with Crippen molar-refractivity contribution < 1.29 is 39.0 Å². The molecule has 1 aliphatic carbocycles. The molecule has 2 aromatic rings. The minimum Gasteiger partial charge on any atom is -0.508 e. The summed E-state index contributed by atoms with van der Waals surface area (Å²) < 4.78 is 12.4. The molecule has 0 radical (unpaired) electrons. The number of halogens is 1. The Morgan fingerprint density at radius 3 is 2.57 bits per heavy atom. The van der Waals surface area contributed by atoms with E-state index in [0.717, 1.165) is 35.1 Å². The molecule has 2 saturated heterocycles. The Labute approximate surface area is 281 Å². The first-order chi connectivity index (χ1) is 22.7. The summed E-state index contributed by atoms with van der Waals surface area (Å²) in [5.41, 5.74) is 3.85. The lowest BCUT2D eigenvalue weighted by atomic mass is 9.58. The van der Waals surface area contributed by atoms with Gasteiger partial charge in [-0.1, -0.05) is 61.2 Å². The maximum atomic E-state index is 13.9. The molecule has 11 heteroatoms. The van der Waals surface area contributed by atoms with E-state index in [1.807, 2.05) is 36.4 Å². The number of aliphatic carboxylic acids is 1. The molecule has 5 rings (SSSR count). The van der Waals surface area contributed by atoms with Crippen molar-refractivity contribution in [2.45, 2.75) is 77.1 Å². The zero-order valence-corrected chi connectivity index (χ0v) is 27.5. The van der Waals surface area contributed by atoms with Crippen molar-refractivity contribution in [3.63, 3.8) is 0 Å². The number of hydrogen-bond donors (Lipinski definition) is 3. The number of aromatic hydroxyl groups is 1. The van der Waals surface area contributed by atoms with E-state index in [0.29, 0.717) is 49.3 Å². The number of nitrogens with zero attached hydrogens (tertiary/aromatic N) is 1. The highest BCUT2D eigenvalue weighted by Gasteiger charge is 2.57. The maximum absolute atomic E-state index is 13.9. The number of ether oxygens (including phenoxy) is 1. The second kappa shape index (κ2) is 16.0. The van der Waals surface area contributed by atoms with Crippen LogP contribution < -0.4 is 4.74 Å². The van der Waals surface area contributed by atoms with E-state index in [1.165, 1.54) is 11.0 Å². The number of phenolic OH excluding ortho intramolecular Hbond substituents is 1. The fourth-order valence-electron chi connectivity index (χ4n) is 7.35. The molecule has 0 spiro atoms. The lowest BCUT2D eigenvalue weighted by Gasteiger charge is -2.43. The van der Waals surface area contributed by atoms with Gasteiger partial charge < -0.3 is 24.6 Å². The van der Waals surface area contributed by atoms with E-state index in [1.54, 1.807) is 12.1 Å². The van der Waals surface area contributed by atoms with Crippen molar-refractivity contribution >= 4 is 42.6 Å². The van der Waals surface area contributed by atoms with Crippen LogP contribution in [0.5, 0.6) is 11.5 Å². The van der Waals surface area contributed by atoms with Crippen LogP contribution in [0.3, 0.4) is 0 Å². The third-order valence-corrected chi connectivity index (χ3v) is 9.80. The van der Waals surface area contributed by atoms with Crippen LogP contribution >= 0.6 is 11.6 Å². The number of fused-ring (bicyclic) bond motifs is 3. The largest absolute Gasteiger partial charge is 0.508 e. The second-order valence-electron chi connectivity index (χ2n) is 12.7. The van der Waals surface area contributed by atoms with Crippen LogP contribution in [-0.2, 0) is 19.0 Å². The molecular formula is C36H43BClNO8. The molecule has 9 nitrogen and oxygen atoms in total. The molecule has 2 fully saturated rings. The molecular weight excluding hydrogens is 621 g/mol. The number of hydrogen-bond acceptors (Lipinski definition) is 7. The van der Waals surface area contributed by atoms with Gasteiger partial charge in [0.2, 0.25) is 11.8 Å². The topological polar surface area (TPSA) is 134 Å². The normalized spacial score (nSPS) is 22.8. The zero-order valence-electron chi connectivity index (χ0n) is 26.8. The number of amides is 2. The Hall–Kier alpha value is -3.60. The van der Waals surface area contributed by atoms with Crippen LogP contribution in [0.1, 0.15) is 70.3 Å². The van der Waals surface area contributed by atoms with Gasteiger partial charge in [0.05, 0.1) is 23.0 Å². The minimum atomic E-state index is -1.08. The molecule has 3 N–H and O–H groups in total. The highest BCUT2D eigenvalue weighted by molar-refractivity contribution is 6.43. The van der Waals surface area contributed by atoms with Crippen LogP contribution in [0, 0.1) is 17.8 Å². The average molecular weight is 664 g/mol. The molecule has 0 saturated carbocycles. The molecule has 2 aromatic carbocycles. The number of phenols is 1. The molecule has 0 unspecified atom stereocenters. The lowest BCUT2D eigenvalue weighted by molar-refractivity contribution is -0.141. The number of carboxylic acids is 1. The van der Waals surface area contributed by atoms with Crippen molar-refractivity contribution in [3.8, 4) is 11.5 Å². The van der Waals surface area contributed by atoms with Crippen LogP contribution in [0.15, 0.2) is 65.3 Å². The molecule has 4 atom stereocenters. The fourth-order valence-corrected chi connectivity index (χ4v) is 7.58. The van der Waals surface area contributed by atoms with Crippen LogP contribution in [0.25, 0.3) is 6.08 Å². The zero-order chi connectivity index (χ0) is 33.5. The molecule has 47 heavy (non-hydrogen) atoms. The fraction of sp³-hybridized carbons (Fsp3) is 0.472. The first kappa shape index (κ1) is 34.7. The first-order valence-corrected chi connectivity index (χ1v) is 17.0. The van der Waals surface area contributed by atoms with E-state index in [4.69, 9.17) is 26.1 Å². The van der Waals surface area contributed by atoms with E-state index in [-0.39, 0.29) is 49.4 Å². The molecule has 3 aliphatic rings. The van der Waals surface area contributed by atoms with Crippen molar-refractivity contribution in [3.05, 3.63) is 75.8 Å². The summed E-state index contributed by atoms with van der Waals surface area (Å²) in [7, 11) is -1.08. The van der Waals surface area contributed by atoms with Gasteiger partial charge in [-0.3, -0.25) is 19.3 Å². The predicted molar refractivity (Wildman–Crippen MR) is 180 cm³/mol. The summed E-state index contributed by atoms with van der Waals surface area (Å²) in [4.78, 5) is 39.8. The number of carbonyl (C=O) groups excluding carboxylic acids is 2. The van der Waals surface area contributed by atoms with Gasteiger partial charge in [-0.25, -0.2) is 0 Å². The van der Waals surface area contributed by atoms with Crippen molar-refractivity contribution in [1.29, 1.82) is 0 Å². The van der Waals surface area contributed by atoms with Gasteiger partial charge in [0, 0.05) is 13.0 Å². The van der Waals surface area contributed by atoms with Gasteiger partial charge in [0.25, 0.3) is 0 Å². The standard InChI is InChI=1S/C36H43BClNO8/c1-2-9-23(18-24-14-15-26(40)20-30(24)38)13-16-31-33-25(22-46-27-10-5-3-6-11-27)19-28-34(29(33)21-37(45)47-31)36(44)39(35(28)43)17-8-4-7-12-32(41)42/h3,5-6,10-11,14-15,18,20,28-29,31,34,40,45H,2,4,7-9,12-13,16-17,19,21-22H2,1H3,(H,41,42)/b23-18+/t28-,29+,31-,34-/m1/s1. The minimum absolute atomic E-state index is 0.0592. The summed E-state index contributed by atoms with van der Waals surface area (Å²) in [5, 5.41) is 30.2. The predicted octanol–water partition coefficient (Wildman–Crippen LogP) is 6.53. The lowest BCUT2D eigenvalue weighted by Crippen LogP contribution is -2.46. The molecule has 250 valence electrons. The molecule has 2 aliphatic heterocycles. The smallest absolute Gasteiger partial charge is 0.455 e. The van der Waals surface area contributed by atoms with Gasteiger partial charge in [-0.2, -0.15) is 0 Å². The molecule has 2 heterocycles. The van der Waals surface area contributed by atoms with Crippen molar-refractivity contribution in [2.75, 3.05) is 13.2 Å². The Bertz CT molecular complexity index is 1510. The maximum Gasteiger partial charge on any atom is 0.455 e. The van der Waals surface area contributed by atoms with E-state index >= 15 is 0 Å². The average Bonchev–Trinajstić information content (AvgIpc) is 3.28. The van der Waals surface area contributed by atoms with Crippen LogP contribution in [-0.4, -0.2) is 64.3 Å². The monoisotopic (exact) mass is 663 g/mol. The van der Waals surface area contributed by atoms with Gasteiger partial charge in [0.1, 0.15) is 18.1 Å². The van der Waals surface area contributed by atoms with Gasteiger partial charge in [-0.05, 0) is 97.8 Å². The Morgan fingerprint density at radius 2 is 1.85 bits per heavy atom. The third kappa shape index (κ3) is 8.47.